The molecule has 0 aromatic heterocycles. The van der Waals surface area contributed by atoms with Gasteiger partial charge in [0.2, 0.25) is 5.91 Å². The molecule has 6 N–H and O–H groups in total. The third kappa shape index (κ3) is 7.47. The number of carbonyl (C=O) groups is 2. The number of nitrogens with one attached hydrogen (secondary N) is 2. The van der Waals surface area contributed by atoms with E-state index in [-0.39, 0.29) is 18.1 Å². The van der Waals surface area contributed by atoms with Gasteiger partial charge in [0.15, 0.2) is 6.29 Å². The minimum Gasteiger partial charge on any atom is -0.756 e. The third-order valence-electron chi connectivity index (χ3n) is 5.83. The summed E-state index contributed by atoms with van der Waals surface area (Å²) in [5.41, 5.74) is 0.342. The number of amides is 2. The fourth-order valence-electron chi connectivity index (χ4n) is 3.92. The van der Waals surface area contributed by atoms with Gasteiger partial charge < -0.3 is 50.1 Å². The lowest BCUT2D eigenvalue weighted by atomic mass is 9.97. The molecule has 17 nitrogen and oxygen atoms in total. The highest BCUT2D eigenvalue weighted by molar-refractivity contribution is 7.60. The lowest BCUT2D eigenvalue weighted by molar-refractivity contribution is -0.280. The molecule has 38 heavy (non-hydrogen) atoms. The van der Waals surface area contributed by atoms with Gasteiger partial charge in [0.25, 0.3) is 13.7 Å². The van der Waals surface area contributed by atoms with E-state index in [0.717, 1.165) is 6.92 Å². The summed E-state index contributed by atoms with van der Waals surface area (Å²) >= 11 is 0. The molecule has 0 aromatic rings. The van der Waals surface area contributed by atoms with E-state index >= 15 is 0 Å². The molecule has 0 aliphatic carbocycles. The second kappa shape index (κ2) is 11.8. The van der Waals surface area contributed by atoms with Crippen LogP contribution in [0.5, 0.6) is 0 Å². The Labute approximate surface area is 217 Å². The summed E-state index contributed by atoms with van der Waals surface area (Å²) in [5, 5.41) is 35.4. The molecule has 2 saturated heterocycles. The highest BCUT2D eigenvalue weighted by Gasteiger charge is 2.46. The molecule has 19 heteroatoms. The number of phosphoric ester groups is 2. The van der Waals surface area contributed by atoms with Crippen molar-refractivity contribution < 1.29 is 66.7 Å². The predicted molar refractivity (Wildman–Crippen MR) is 122 cm³/mol. The summed E-state index contributed by atoms with van der Waals surface area (Å²) in [5.74, 6) is -0.834. The Morgan fingerprint density at radius 1 is 1.32 bits per heavy atom. The first-order valence-electron chi connectivity index (χ1n) is 11.3. The zero-order valence-corrected chi connectivity index (χ0v) is 22.3. The molecule has 0 bridgehead atoms. The van der Waals surface area contributed by atoms with Gasteiger partial charge in [0, 0.05) is 25.1 Å². The summed E-state index contributed by atoms with van der Waals surface area (Å²) in [4.78, 5) is 46.7. The summed E-state index contributed by atoms with van der Waals surface area (Å²) < 4.78 is 48.7. The Hall–Kier alpha value is -1.72. The molecular weight excluding hydrogens is 556 g/mol. The van der Waals surface area contributed by atoms with Crippen LogP contribution in [0, 0.1) is 0 Å². The molecule has 3 rings (SSSR count). The number of rotatable bonds is 9. The van der Waals surface area contributed by atoms with Crippen LogP contribution in [0.3, 0.4) is 0 Å². The number of aliphatic hydroxyl groups excluding tert-OH is 3. The Kier molecular flexibility index (Phi) is 9.57. The zero-order valence-electron chi connectivity index (χ0n) is 20.5. The van der Waals surface area contributed by atoms with Gasteiger partial charge >= 0.3 is 7.82 Å². The molecule has 3 aliphatic heterocycles. The summed E-state index contributed by atoms with van der Waals surface area (Å²) in [7, 11) is -11.1. The fraction of sp³-hybridized carbons (Fsp3) is 0.684. The lowest BCUT2D eigenvalue weighted by Crippen LogP contribution is -2.63. The van der Waals surface area contributed by atoms with Gasteiger partial charge in [-0.3, -0.25) is 23.2 Å². The van der Waals surface area contributed by atoms with Crippen LogP contribution in [0.25, 0.3) is 0 Å². The first-order chi connectivity index (χ1) is 17.5. The van der Waals surface area contributed by atoms with E-state index in [1.807, 2.05) is 0 Å². The van der Waals surface area contributed by atoms with E-state index in [9.17, 15) is 43.8 Å². The number of carbonyl (C=O) groups excluding carboxylic acids is 2. The van der Waals surface area contributed by atoms with Crippen molar-refractivity contribution in [2.45, 2.75) is 76.3 Å². The Morgan fingerprint density at radius 2 is 1.97 bits per heavy atom. The van der Waals surface area contributed by atoms with Gasteiger partial charge in [-0.2, -0.15) is 0 Å². The van der Waals surface area contributed by atoms with Crippen LogP contribution in [-0.4, -0.2) is 92.6 Å². The topological polar surface area (TPSA) is 246 Å². The Bertz CT molecular complexity index is 1070. The van der Waals surface area contributed by atoms with Crippen LogP contribution < -0.4 is 15.5 Å². The van der Waals surface area contributed by atoms with Crippen LogP contribution in [0.2, 0.25) is 0 Å². The quantitative estimate of drug-likeness (QED) is 0.158. The fourth-order valence-corrected chi connectivity index (χ4v) is 6.04. The van der Waals surface area contributed by atoms with Crippen LogP contribution in [-0.2, 0) is 41.6 Å². The lowest BCUT2D eigenvalue weighted by Gasteiger charge is -2.42. The molecular formula is C19H30N3O14P2-. The number of hydrogen-bond acceptors (Lipinski definition) is 14. The standard InChI is InChI=1S/C19H31N3O14P2/c1-8-6-22(10(3)20-18(8)27)14-5-12(24)13(34-14)7-32-37(28,29)36-38(30,31)35-19-17(26)15(21-11(4)23)16(25)9(2)33-19/h6,9,12-17,19,24-26H,3,5,7H2,1-2,4H3,(H,20,27)(H,21,23)(H,28,29)(H,30,31)/p-1/t9?,12?,13-,14-,15+,16+,17?,19+/m1/s1. The van der Waals surface area contributed by atoms with Crippen LogP contribution >= 0.6 is 15.6 Å². The van der Waals surface area contributed by atoms with Crippen LogP contribution in [0.15, 0.2) is 24.2 Å². The van der Waals surface area contributed by atoms with E-state index in [4.69, 9.17) is 9.47 Å². The van der Waals surface area contributed by atoms with Crippen LogP contribution in [0.4, 0.5) is 0 Å². The molecule has 3 heterocycles. The van der Waals surface area contributed by atoms with Crippen molar-refractivity contribution in [3.8, 4) is 0 Å². The first kappa shape index (κ1) is 30.8. The van der Waals surface area contributed by atoms with Gasteiger partial charge in [-0.15, -0.1) is 0 Å². The van der Waals surface area contributed by atoms with Crippen molar-refractivity contribution in [2.24, 2.45) is 0 Å². The van der Waals surface area contributed by atoms with Gasteiger partial charge in [0.1, 0.15) is 30.4 Å². The van der Waals surface area contributed by atoms with Crippen LogP contribution in [0.1, 0.15) is 27.2 Å². The van der Waals surface area contributed by atoms with Crippen molar-refractivity contribution in [3.63, 3.8) is 0 Å². The highest BCUT2D eigenvalue weighted by atomic mass is 31.3. The number of ether oxygens (including phenoxy) is 2. The molecule has 2 fully saturated rings. The Morgan fingerprint density at radius 3 is 2.61 bits per heavy atom. The maximum atomic E-state index is 12.3. The molecule has 2 amide bonds. The second-order valence-electron chi connectivity index (χ2n) is 8.87. The molecule has 0 aromatic carbocycles. The molecule has 0 spiro atoms. The predicted octanol–water partition coefficient (Wildman–Crippen LogP) is -2.14. The van der Waals surface area contributed by atoms with E-state index in [1.54, 1.807) is 6.92 Å². The third-order valence-corrected chi connectivity index (χ3v) is 8.39. The van der Waals surface area contributed by atoms with Gasteiger partial charge in [-0.1, -0.05) is 6.58 Å². The van der Waals surface area contributed by atoms with Crippen molar-refractivity contribution >= 4 is 27.5 Å². The first-order valence-corrected chi connectivity index (χ1v) is 14.2. The zero-order chi connectivity index (χ0) is 28.6. The number of phosphoric acid groups is 2. The molecule has 5 unspecified atom stereocenters. The van der Waals surface area contributed by atoms with E-state index < -0.39 is 77.2 Å². The number of nitrogens with zero attached hydrogens (tertiary/aromatic N) is 1. The average molecular weight is 586 g/mol. The van der Waals surface area contributed by atoms with E-state index in [2.05, 4.69) is 30.6 Å². The van der Waals surface area contributed by atoms with Gasteiger partial charge in [-0.25, -0.2) is 8.88 Å². The summed E-state index contributed by atoms with van der Waals surface area (Å²) in [6, 6.07) is -1.38. The Balaban J connectivity index is 1.57. The SMILES string of the molecule is C=C1NC(=O)C(C)=CN1[C@H]1CC(O)[C@@H](COP(=O)(O)OP(=O)([O-])O[C@@H]2OC(C)[C@H](O)[C@H](NC(C)=O)C2O)O1. The largest absolute Gasteiger partial charge is 0.756 e. The minimum atomic E-state index is -5.70. The smallest absolute Gasteiger partial charge is 0.478 e. The van der Waals surface area contributed by atoms with E-state index in [1.165, 1.54) is 18.0 Å². The highest BCUT2D eigenvalue weighted by Crippen LogP contribution is 2.59. The second-order valence-corrected chi connectivity index (χ2v) is 11.8. The van der Waals surface area contributed by atoms with Crippen molar-refractivity contribution in [1.82, 2.24) is 15.5 Å². The van der Waals surface area contributed by atoms with E-state index in [0.29, 0.717) is 5.57 Å². The molecule has 3 aliphatic rings. The maximum absolute atomic E-state index is 12.3. The minimum absolute atomic E-state index is 0.0111. The van der Waals surface area contributed by atoms with Crippen molar-refractivity contribution in [3.05, 3.63) is 24.2 Å². The summed E-state index contributed by atoms with van der Waals surface area (Å²) in [6.07, 6.45) is -8.24. The average Bonchev–Trinajstić information content (AvgIpc) is 3.15. The maximum Gasteiger partial charge on any atom is 0.478 e. The number of aliphatic hydroxyl groups is 3. The molecule has 0 radical (unpaired) electrons. The molecule has 216 valence electrons. The van der Waals surface area contributed by atoms with Crippen molar-refractivity contribution in [2.75, 3.05) is 6.61 Å². The summed E-state index contributed by atoms with van der Waals surface area (Å²) in [6.45, 7) is 6.86. The molecule has 0 saturated carbocycles. The normalized spacial score (nSPS) is 37.2. The van der Waals surface area contributed by atoms with Gasteiger partial charge in [-0.05, 0) is 13.8 Å². The molecule has 10 atom stereocenters. The van der Waals surface area contributed by atoms with Crippen molar-refractivity contribution in [1.29, 1.82) is 0 Å². The monoisotopic (exact) mass is 586 g/mol. The van der Waals surface area contributed by atoms with Gasteiger partial charge in [0.05, 0.1) is 24.9 Å². The number of hydrogen-bond donors (Lipinski definition) is 6.